The third kappa shape index (κ3) is 7.06. The number of fused-ring (bicyclic) bond motifs is 3. The molecule has 2 amide bonds. The topological polar surface area (TPSA) is 84.9 Å². The summed E-state index contributed by atoms with van der Waals surface area (Å²) in [6.07, 6.45) is 0.486. The first-order valence-corrected chi connectivity index (χ1v) is 18.2. The van der Waals surface area contributed by atoms with Gasteiger partial charge in [-0.1, -0.05) is 146 Å². The van der Waals surface area contributed by atoms with Crippen LogP contribution in [0, 0.1) is 5.92 Å². The van der Waals surface area contributed by atoms with E-state index in [0.717, 1.165) is 35.1 Å². The van der Waals surface area contributed by atoms with E-state index >= 15 is 0 Å². The molecule has 1 fully saturated rings. The van der Waals surface area contributed by atoms with E-state index in [1.54, 1.807) is 11.0 Å². The van der Waals surface area contributed by atoms with E-state index < -0.39 is 30.1 Å². The van der Waals surface area contributed by atoms with Crippen molar-refractivity contribution in [2.75, 3.05) is 19.7 Å². The summed E-state index contributed by atoms with van der Waals surface area (Å²) in [6, 6.07) is 41.0. The molecule has 0 saturated carbocycles. The number of ether oxygens (including phenoxy) is 2. The lowest BCUT2D eigenvalue weighted by Crippen LogP contribution is -2.52. The summed E-state index contributed by atoms with van der Waals surface area (Å²) in [5.41, 5.74) is 4.86. The smallest absolute Gasteiger partial charge is 0.407 e. The van der Waals surface area contributed by atoms with Crippen LogP contribution in [0.1, 0.15) is 59.9 Å². The van der Waals surface area contributed by atoms with Gasteiger partial charge < -0.3 is 19.7 Å². The van der Waals surface area contributed by atoms with Gasteiger partial charge in [0.05, 0.1) is 6.42 Å². The largest absolute Gasteiger partial charge is 0.449 e. The number of benzene rings is 5. The van der Waals surface area contributed by atoms with Gasteiger partial charge in [-0.2, -0.15) is 0 Å². The molecular formula is C44H41ClN2O5. The predicted octanol–water partition coefficient (Wildman–Crippen LogP) is 8.73. The highest BCUT2D eigenvalue weighted by Gasteiger charge is 2.43. The zero-order valence-corrected chi connectivity index (χ0v) is 29.8. The molecule has 2 aliphatic rings. The molecule has 0 radical (unpaired) electrons. The second-order valence-electron chi connectivity index (χ2n) is 13.6. The highest BCUT2D eigenvalue weighted by Crippen LogP contribution is 2.45. The van der Waals surface area contributed by atoms with Gasteiger partial charge in [0.25, 0.3) is 0 Å². The van der Waals surface area contributed by atoms with E-state index in [0.29, 0.717) is 40.7 Å². The molecule has 1 unspecified atom stereocenters. The molecule has 1 aliphatic heterocycles. The summed E-state index contributed by atoms with van der Waals surface area (Å²) in [6.45, 7) is 3.31. The molecule has 1 heterocycles. The van der Waals surface area contributed by atoms with Gasteiger partial charge in [0, 0.05) is 40.7 Å². The van der Waals surface area contributed by atoms with Crippen LogP contribution in [-0.4, -0.2) is 48.6 Å². The minimum absolute atomic E-state index is 0.0735. The van der Waals surface area contributed by atoms with E-state index in [1.165, 1.54) is 0 Å². The molecule has 0 bridgehead atoms. The molecule has 1 atom stereocenters. The van der Waals surface area contributed by atoms with E-state index in [9.17, 15) is 14.4 Å². The number of carbonyl (C=O) groups excluding carboxylic acids is 3. The maximum absolute atomic E-state index is 14.3. The fourth-order valence-electron chi connectivity index (χ4n) is 7.55. The van der Waals surface area contributed by atoms with Crippen molar-refractivity contribution in [2.24, 2.45) is 5.92 Å². The Hall–Kier alpha value is -5.40. The van der Waals surface area contributed by atoms with Crippen molar-refractivity contribution in [3.05, 3.63) is 166 Å². The SMILES string of the molecule is CC1CCN(C(=O)C(CC(=O)OC(c2ccccc2)(c2ccccc2)c2ccccc2Cl)NC(=O)OCC2c3ccccc3-c3ccccc32)CC1. The lowest BCUT2D eigenvalue weighted by molar-refractivity contribution is -0.156. The number of nitrogens with zero attached hydrogens (tertiary/aromatic N) is 1. The average molecular weight is 713 g/mol. The van der Waals surface area contributed by atoms with E-state index in [4.69, 9.17) is 21.1 Å². The molecule has 1 N–H and O–H groups in total. The highest BCUT2D eigenvalue weighted by molar-refractivity contribution is 6.31. The van der Waals surface area contributed by atoms with Gasteiger partial charge in [0.1, 0.15) is 12.6 Å². The maximum atomic E-state index is 14.3. The monoisotopic (exact) mass is 712 g/mol. The van der Waals surface area contributed by atoms with Gasteiger partial charge in [-0.3, -0.25) is 9.59 Å². The van der Waals surface area contributed by atoms with Gasteiger partial charge in [0.2, 0.25) is 5.91 Å². The molecule has 7 nitrogen and oxygen atoms in total. The van der Waals surface area contributed by atoms with Crippen molar-refractivity contribution in [1.29, 1.82) is 0 Å². The number of esters is 1. The van der Waals surface area contributed by atoms with Crippen LogP contribution in [0.2, 0.25) is 5.02 Å². The van der Waals surface area contributed by atoms with E-state index in [2.05, 4.69) is 24.4 Å². The van der Waals surface area contributed by atoms with Gasteiger partial charge in [-0.15, -0.1) is 0 Å². The summed E-state index contributed by atoms with van der Waals surface area (Å²) in [5, 5.41) is 3.18. The van der Waals surface area contributed by atoms with Crippen molar-refractivity contribution in [3.63, 3.8) is 0 Å². The highest BCUT2D eigenvalue weighted by atomic mass is 35.5. The standard InChI is InChI=1S/C44H41ClN2O5/c1-30-24-26-47(27-25-30)42(49)40(46-43(50)51-29-37-35-20-10-8-18-33(35)34-19-9-11-21-36(34)37)28-41(48)52-44(31-14-4-2-5-15-31,32-16-6-3-7-17-32)38-22-12-13-23-39(38)45/h2-23,30,37,40H,24-29H2,1H3,(H,46,50). The Bertz CT molecular complexity index is 1960. The van der Waals surface area contributed by atoms with Gasteiger partial charge in [0.15, 0.2) is 5.60 Å². The number of piperidine rings is 1. The minimum Gasteiger partial charge on any atom is -0.449 e. The van der Waals surface area contributed by atoms with Crippen LogP contribution in [0.3, 0.4) is 0 Å². The number of nitrogens with one attached hydrogen (secondary N) is 1. The number of carbonyl (C=O) groups is 3. The Labute approximate surface area is 309 Å². The number of amides is 2. The Morgan fingerprint density at radius 3 is 1.85 bits per heavy atom. The first kappa shape index (κ1) is 35.0. The molecule has 5 aromatic rings. The predicted molar refractivity (Wildman–Crippen MR) is 202 cm³/mol. The van der Waals surface area contributed by atoms with E-state index in [1.807, 2.05) is 115 Å². The molecule has 5 aromatic carbocycles. The van der Waals surface area contributed by atoms with Crippen molar-refractivity contribution in [1.82, 2.24) is 10.2 Å². The summed E-state index contributed by atoms with van der Waals surface area (Å²) >= 11 is 6.86. The molecule has 8 heteroatoms. The summed E-state index contributed by atoms with van der Waals surface area (Å²) < 4.78 is 12.4. The number of halogens is 1. The average Bonchev–Trinajstić information content (AvgIpc) is 3.50. The zero-order valence-electron chi connectivity index (χ0n) is 29.0. The third-order valence-electron chi connectivity index (χ3n) is 10.3. The Morgan fingerprint density at radius 2 is 1.27 bits per heavy atom. The molecule has 0 aromatic heterocycles. The van der Waals surface area contributed by atoms with Crippen LogP contribution in [-0.2, 0) is 24.7 Å². The molecular weight excluding hydrogens is 672 g/mol. The van der Waals surface area contributed by atoms with Gasteiger partial charge in [-0.25, -0.2) is 4.79 Å². The molecule has 1 saturated heterocycles. The van der Waals surface area contributed by atoms with Gasteiger partial charge in [-0.05, 0) is 47.1 Å². The van der Waals surface area contributed by atoms with Crippen LogP contribution in [0.5, 0.6) is 0 Å². The fraction of sp³-hybridized carbons (Fsp3) is 0.250. The Kier molecular flexibility index (Phi) is 10.4. The molecule has 1 aliphatic carbocycles. The van der Waals surface area contributed by atoms with Crippen molar-refractivity contribution < 1.29 is 23.9 Å². The second kappa shape index (κ2) is 15.5. The van der Waals surface area contributed by atoms with Crippen molar-refractivity contribution in [3.8, 4) is 11.1 Å². The minimum atomic E-state index is -1.45. The number of alkyl carbamates (subject to hydrolysis) is 1. The van der Waals surface area contributed by atoms with Crippen LogP contribution in [0.4, 0.5) is 4.79 Å². The van der Waals surface area contributed by atoms with Crippen molar-refractivity contribution in [2.45, 2.75) is 43.7 Å². The quantitative estimate of drug-likeness (QED) is 0.116. The number of likely N-dealkylation sites (tertiary alicyclic amines) is 1. The molecule has 264 valence electrons. The fourth-order valence-corrected chi connectivity index (χ4v) is 7.82. The molecule has 7 rings (SSSR count). The van der Waals surface area contributed by atoms with Crippen LogP contribution < -0.4 is 5.32 Å². The zero-order chi connectivity index (χ0) is 36.1. The van der Waals surface area contributed by atoms with Crippen LogP contribution in [0.25, 0.3) is 11.1 Å². The summed E-state index contributed by atoms with van der Waals surface area (Å²) in [5.74, 6) is -0.709. The van der Waals surface area contributed by atoms with Crippen LogP contribution in [0.15, 0.2) is 133 Å². The molecule has 0 spiro atoms. The number of rotatable bonds is 10. The first-order valence-electron chi connectivity index (χ1n) is 17.8. The lowest BCUT2D eigenvalue weighted by Gasteiger charge is -2.37. The third-order valence-corrected chi connectivity index (χ3v) is 10.6. The normalized spacial score (nSPS) is 14.9. The van der Waals surface area contributed by atoms with E-state index in [-0.39, 0.29) is 18.4 Å². The number of hydrogen-bond donors (Lipinski definition) is 1. The van der Waals surface area contributed by atoms with Gasteiger partial charge >= 0.3 is 12.1 Å². The summed E-state index contributed by atoms with van der Waals surface area (Å²) in [4.78, 5) is 43.8. The molecule has 52 heavy (non-hydrogen) atoms. The Balaban J connectivity index is 1.17. The lowest BCUT2D eigenvalue weighted by atomic mass is 9.80. The first-order chi connectivity index (χ1) is 25.3. The maximum Gasteiger partial charge on any atom is 0.407 e. The number of hydrogen-bond acceptors (Lipinski definition) is 5. The van der Waals surface area contributed by atoms with Crippen molar-refractivity contribution >= 4 is 29.6 Å². The summed E-state index contributed by atoms with van der Waals surface area (Å²) in [7, 11) is 0. The second-order valence-corrected chi connectivity index (χ2v) is 14.0. The van der Waals surface area contributed by atoms with Crippen LogP contribution >= 0.6 is 11.6 Å². The Morgan fingerprint density at radius 1 is 0.750 bits per heavy atom.